The minimum absolute atomic E-state index is 0.0234. The van der Waals surface area contributed by atoms with Gasteiger partial charge in [0.1, 0.15) is 9.39 Å². The second-order valence-corrected chi connectivity index (χ2v) is 7.74. The molecule has 1 rings (SSSR count). The number of halogens is 1. The zero-order valence-electron chi connectivity index (χ0n) is 11.4. The molecule has 1 aromatic rings. The van der Waals surface area contributed by atoms with Crippen molar-refractivity contribution in [3.05, 3.63) is 25.4 Å². The first-order valence-electron chi connectivity index (χ1n) is 5.80. The Kier molecular flexibility index (Phi) is 4.06. The molecule has 1 heterocycles. The zero-order chi connectivity index (χ0) is 13.4. The maximum atomic E-state index is 11.9. The van der Waals surface area contributed by atoms with Crippen LogP contribution in [0.25, 0.3) is 0 Å². The standard InChI is InChI=1S/C13H21IN2O/c1-12(2,3)7-8-15-10(13(4,5)6)9(14)11(17)16-8/h7H2,1-6H3,(H,15,16,17). The highest BCUT2D eigenvalue weighted by molar-refractivity contribution is 14.1. The lowest BCUT2D eigenvalue weighted by Gasteiger charge is -2.22. The summed E-state index contributed by atoms with van der Waals surface area (Å²) in [5.74, 6) is 0.785. The summed E-state index contributed by atoms with van der Waals surface area (Å²) in [6.45, 7) is 12.7. The molecule has 3 nitrogen and oxygen atoms in total. The number of hydrogen-bond acceptors (Lipinski definition) is 2. The molecule has 0 fully saturated rings. The Balaban J connectivity index is 3.30. The van der Waals surface area contributed by atoms with Crippen LogP contribution in [0, 0.1) is 8.99 Å². The summed E-state index contributed by atoms with van der Waals surface area (Å²) in [5.41, 5.74) is 0.890. The topological polar surface area (TPSA) is 45.8 Å². The quantitative estimate of drug-likeness (QED) is 0.792. The van der Waals surface area contributed by atoms with Gasteiger partial charge in [-0.25, -0.2) is 4.98 Å². The van der Waals surface area contributed by atoms with E-state index in [0.29, 0.717) is 3.57 Å². The number of rotatable bonds is 1. The van der Waals surface area contributed by atoms with E-state index in [1.54, 1.807) is 0 Å². The SMILES string of the molecule is CC(C)(C)Cc1nc(C(C)(C)C)c(I)c(=O)[nH]1. The van der Waals surface area contributed by atoms with E-state index in [2.05, 4.69) is 74.1 Å². The highest BCUT2D eigenvalue weighted by atomic mass is 127. The molecule has 0 aromatic carbocycles. The van der Waals surface area contributed by atoms with Gasteiger partial charge in [0.05, 0.1) is 5.69 Å². The normalized spacial score (nSPS) is 12.9. The van der Waals surface area contributed by atoms with Crippen LogP contribution < -0.4 is 5.56 Å². The van der Waals surface area contributed by atoms with Crippen molar-refractivity contribution in [1.82, 2.24) is 9.97 Å². The van der Waals surface area contributed by atoms with Gasteiger partial charge in [0.15, 0.2) is 0 Å². The molecule has 0 aliphatic heterocycles. The van der Waals surface area contributed by atoms with Crippen LogP contribution in [0.2, 0.25) is 0 Å². The van der Waals surface area contributed by atoms with E-state index in [1.807, 2.05) is 0 Å². The van der Waals surface area contributed by atoms with Crippen LogP contribution in [-0.4, -0.2) is 9.97 Å². The molecule has 0 radical (unpaired) electrons. The average Bonchev–Trinajstić information content (AvgIpc) is 2.06. The number of nitrogens with zero attached hydrogens (tertiary/aromatic N) is 1. The van der Waals surface area contributed by atoms with Gasteiger partial charge in [-0.3, -0.25) is 4.79 Å². The van der Waals surface area contributed by atoms with Crippen LogP contribution in [0.1, 0.15) is 53.1 Å². The molecule has 0 aliphatic carbocycles. The van der Waals surface area contributed by atoms with E-state index in [9.17, 15) is 4.79 Å². The predicted molar refractivity (Wildman–Crippen MR) is 79.4 cm³/mol. The van der Waals surface area contributed by atoms with Crippen LogP contribution in [0.15, 0.2) is 4.79 Å². The second kappa shape index (κ2) is 4.71. The Morgan fingerprint density at radius 3 is 2.12 bits per heavy atom. The first kappa shape index (κ1) is 14.7. The molecule has 0 atom stereocenters. The molecule has 1 N–H and O–H groups in total. The third kappa shape index (κ3) is 4.08. The lowest BCUT2D eigenvalue weighted by atomic mass is 9.90. The van der Waals surface area contributed by atoms with Gasteiger partial charge in [0.25, 0.3) is 5.56 Å². The van der Waals surface area contributed by atoms with E-state index in [-0.39, 0.29) is 16.4 Å². The summed E-state index contributed by atoms with van der Waals surface area (Å²) >= 11 is 2.08. The number of nitrogens with one attached hydrogen (secondary N) is 1. The molecule has 0 saturated heterocycles. The van der Waals surface area contributed by atoms with Gasteiger partial charge in [0.2, 0.25) is 0 Å². The fourth-order valence-electron chi connectivity index (χ4n) is 1.59. The first-order chi connectivity index (χ1) is 7.50. The Hall–Kier alpha value is -0.390. The Labute approximate surface area is 117 Å². The first-order valence-corrected chi connectivity index (χ1v) is 6.88. The number of aromatic amines is 1. The smallest absolute Gasteiger partial charge is 0.264 e. The molecule has 4 heteroatoms. The molecule has 0 bridgehead atoms. The van der Waals surface area contributed by atoms with Crippen LogP contribution in [0.5, 0.6) is 0 Å². The van der Waals surface area contributed by atoms with Crippen molar-refractivity contribution < 1.29 is 0 Å². The van der Waals surface area contributed by atoms with Crippen molar-refractivity contribution in [2.75, 3.05) is 0 Å². The van der Waals surface area contributed by atoms with E-state index >= 15 is 0 Å². The zero-order valence-corrected chi connectivity index (χ0v) is 13.6. The van der Waals surface area contributed by atoms with Crippen LogP contribution in [0.3, 0.4) is 0 Å². The lowest BCUT2D eigenvalue weighted by Crippen LogP contribution is -2.27. The highest BCUT2D eigenvalue weighted by Crippen LogP contribution is 2.24. The van der Waals surface area contributed by atoms with E-state index < -0.39 is 0 Å². The summed E-state index contributed by atoms with van der Waals surface area (Å²) in [6, 6.07) is 0. The monoisotopic (exact) mass is 348 g/mol. The van der Waals surface area contributed by atoms with Gasteiger partial charge in [0, 0.05) is 11.8 Å². The number of hydrogen-bond donors (Lipinski definition) is 1. The van der Waals surface area contributed by atoms with Crippen molar-refractivity contribution >= 4 is 22.6 Å². The molecule has 96 valence electrons. The van der Waals surface area contributed by atoms with Crippen molar-refractivity contribution in [3.63, 3.8) is 0 Å². The average molecular weight is 348 g/mol. The van der Waals surface area contributed by atoms with Crippen LogP contribution >= 0.6 is 22.6 Å². The van der Waals surface area contributed by atoms with Gasteiger partial charge in [-0.1, -0.05) is 41.5 Å². The van der Waals surface area contributed by atoms with E-state index in [0.717, 1.165) is 17.9 Å². The molecular formula is C13H21IN2O. The molecule has 0 amide bonds. The van der Waals surface area contributed by atoms with Gasteiger partial charge >= 0.3 is 0 Å². The van der Waals surface area contributed by atoms with Crippen LogP contribution in [0.4, 0.5) is 0 Å². The molecule has 0 spiro atoms. The summed E-state index contributed by atoms with van der Waals surface area (Å²) < 4.78 is 0.702. The van der Waals surface area contributed by atoms with Gasteiger partial charge in [-0.2, -0.15) is 0 Å². The van der Waals surface area contributed by atoms with Crippen molar-refractivity contribution in [2.45, 2.75) is 53.4 Å². The Morgan fingerprint density at radius 2 is 1.71 bits per heavy atom. The minimum Gasteiger partial charge on any atom is -0.310 e. The predicted octanol–water partition coefficient (Wildman–Crippen LogP) is 3.26. The highest BCUT2D eigenvalue weighted by Gasteiger charge is 2.23. The van der Waals surface area contributed by atoms with Crippen LogP contribution in [-0.2, 0) is 11.8 Å². The van der Waals surface area contributed by atoms with Gasteiger partial charge < -0.3 is 4.98 Å². The Bertz CT molecular complexity index is 464. The van der Waals surface area contributed by atoms with Crippen molar-refractivity contribution in [1.29, 1.82) is 0 Å². The summed E-state index contributed by atoms with van der Waals surface area (Å²) in [4.78, 5) is 19.4. The van der Waals surface area contributed by atoms with Crippen molar-refractivity contribution in [2.24, 2.45) is 5.41 Å². The Morgan fingerprint density at radius 1 is 1.18 bits per heavy atom. The molecule has 17 heavy (non-hydrogen) atoms. The fraction of sp³-hybridized carbons (Fsp3) is 0.692. The summed E-state index contributed by atoms with van der Waals surface area (Å²) in [7, 11) is 0. The fourth-order valence-corrected chi connectivity index (χ4v) is 2.65. The maximum Gasteiger partial charge on any atom is 0.264 e. The maximum absolute atomic E-state index is 11.9. The van der Waals surface area contributed by atoms with Crippen molar-refractivity contribution in [3.8, 4) is 0 Å². The summed E-state index contributed by atoms with van der Waals surface area (Å²) in [6.07, 6.45) is 0.780. The lowest BCUT2D eigenvalue weighted by molar-refractivity contribution is 0.397. The molecule has 0 saturated carbocycles. The number of H-pyrrole nitrogens is 1. The molecule has 1 aromatic heterocycles. The molecule has 0 aliphatic rings. The van der Waals surface area contributed by atoms with E-state index in [4.69, 9.17) is 0 Å². The largest absolute Gasteiger partial charge is 0.310 e. The molecular weight excluding hydrogens is 327 g/mol. The number of aromatic nitrogens is 2. The minimum atomic E-state index is -0.0998. The van der Waals surface area contributed by atoms with Gasteiger partial charge in [-0.05, 0) is 28.0 Å². The second-order valence-electron chi connectivity index (χ2n) is 6.66. The van der Waals surface area contributed by atoms with Gasteiger partial charge in [-0.15, -0.1) is 0 Å². The summed E-state index contributed by atoms with van der Waals surface area (Å²) in [5, 5.41) is 0. The van der Waals surface area contributed by atoms with E-state index in [1.165, 1.54) is 0 Å². The molecule has 0 unspecified atom stereocenters. The third-order valence-corrected chi connectivity index (χ3v) is 3.32. The third-order valence-electron chi connectivity index (χ3n) is 2.32.